The lowest BCUT2D eigenvalue weighted by molar-refractivity contribution is -0.130. The van der Waals surface area contributed by atoms with Gasteiger partial charge in [-0.3, -0.25) is 4.79 Å². The van der Waals surface area contributed by atoms with E-state index in [4.69, 9.17) is 4.42 Å². The minimum absolute atomic E-state index is 0.177. The van der Waals surface area contributed by atoms with Crippen molar-refractivity contribution in [2.45, 2.75) is 25.4 Å². The van der Waals surface area contributed by atoms with Crippen molar-refractivity contribution in [3.8, 4) is 11.6 Å². The number of carbonyl (C=O) groups is 1. The van der Waals surface area contributed by atoms with Gasteiger partial charge < -0.3 is 13.9 Å². The normalized spacial score (nSPS) is 21.6. The van der Waals surface area contributed by atoms with E-state index in [1.54, 1.807) is 6.26 Å². The molecule has 0 bridgehead atoms. The molecule has 3 rings (SSSR count). The number of furan rings is 1. The summed E-state index contributed by atoms with van der Waals surface area (Å²) in [4.78, 5) is 14.4. The number of amides is 1. The molecule has 23 heavy (non-hydrogen) atoms. The molecule has 0 radical (unpaired) electrons. The molecule has 0 saturated carbocycles. The number of carbonyl (C=O) groups excluding carboxylic acids is 1. The third-order valence-corrected chi connectivity index (χ3v) is 5.13. The molecule has 2 aromatic heterocycles. The maximum Gasteiger partial charge on any atom is 0.233 e. The Kier molecular flexibility index (Phi) is 4.75. The Morgan fingerprint density at radius 1 is 1.35 bits per heavy atom. The molecule has 1 aliphatic heterocycles. The van der Waals surface area contributed by atoms with Gasteiger partial charge in [0.15, 0.2) is 16.7 Å². The quantitative estimate of drug-likeness (QED) is 0.804. The maximum absolute atomic E-state index is 12.4. The number of piperidine rings is 1. The fourth-order valence-electron chi connectivity index (χ4n) is 3.15. The molecular weight excluding hydrogens is 312 g/mol. The van der Waals surface area contributed by atoms with E-state index >= 15 is 0 Å². The molecule has 0 spiro atoms. The van der Waals surface area contributed by atoms with Gasteiger partial charge in [-0.05, 0) is 30.4 Å². The van der Waals surface area contributed by atoms with Crippen molar-refractivity contribution in [1.82, 2.24) is 19.7 Å². The molecule has 2 atom stereocenters. The van der Waals surface area contributed by atoms with Crippen LogP contribution in [0.4, 0.5) is 0 Å². The zero-order valence-corrected chi connectivity index (χ0v) is 14.5. The summed E-state index contributed by atoms with van der Waals surface area (Å²) >= 11 is 1.43. The summed E-state index contributed by atoms with van der Waals surface area (Å²) in [7, 11) is 1.88. The summed E-state index contributed by atoms with van der Waals surface area (Å²) in [5, 5.41) is 9.03. The Morgan fingerprint density at radius 3 is 2.74 bits per heavy atom. The monoisotopic (exact) mass is 334 g/mol. The van der Waals surface area contributed by atoms with Crippen molar-refractivity contribution in [2.75, 3.05) is 18.8 Å². The van der Waals surface area contributed by atoms with Crippen LogP contribution in [0.15, 0.2) is 28.0 Å². The van der Waals surface area contributed by atoms with Crippen LogP contribution in [0.1, 0.15) is 20.3 Å². The van der Waals surface area contributed by atoms with E-state index in [1.807, 2.05) is 28.6 Å². The van der Waals surface area contributed by atoms with E-state index < -0.39 is 0 Å². The van der Waals surface area contributed by atoms with Gasteiger partial charge in [0.1, 0.15) is 0 Å². The van der Waals surface area contributed by atoms with Crippen LogP contribution in [-0.4, -0.2) is 44.4 Å². The molecule has 0 unspecified atom stereocenters. The van der Waals surface area contributed by atoms with Crippen LogP contribution in [0.5, 0.6) is 0 Å². The molecular formula is C16H22N4O2S. The standard InChI is InChI=1S/C16H22N4O2S/c1-11-7-12(2)9-20(8-11)14(21)10-23-16-18-17-15(19(16)3)13-5-4-6-22-13/h4-6,11-12H,7-10H2,1-3H3/t11-,12+. The van der Waals surface area contributed by atoms with E-state index in [-0.39, 0.29) is 5.91 Å². The minimum atomic E-state index is 0.177. The fraction of sp³-hybridized carbons (Fsp3) is 0.562. The van der Waals surface area contributed by atoms with Crippen molar-refractivity contribution in [1.29, 1.82) is 0 Å². The summed E-state index contributed by atoms with van der Waals surface area (Å²) in [5.41, 5.74) is 0. The number of hydrogen-bond acceptors (Lipinski definition) is 5. The highest BCUT2D eigenvalue weighted by Gasteiger charge is 2.25. The first-order valence-corrected chi connectivity index (χ1v) is 8.87. The molecule has 124 valence electrons. The first-order valence-electron chi connectivity index (χ1n) is 7.88. The predicted octanol–water partition coefficient (Wildman–Crippen LogP) is 2.67. The highest BCUT2D eigenvalue weighted by Crippen LogP contribution is 2.25. The van der Waals surface area contributed by atoms with Crippen LogP contribution in [0.3, 0.4) is 0 Å². The maximum atomic E-state index is 12.4. The Hall–Kier alpha value is -1.76. The lowest BCUT2D eigenvalue weighted by Gasteiger charge is -2.34. The highest BCUT2D eigenvalue weighted by atomic mass is 32.2. The number of thioether (sulfide) groups is 1. The van der Waals surface area contributed by atoms with Crippen LogP contribution in [0, 0.1) is 11.8 Å². The predicted molar refractivity (Wildman–Crippen MR) is 89.0 cm³/mol. The average molecular weight is 334 g/mol. The number of aromatic nitrogens is 3. The number of hydrogen-bond donors (Lipinski definition) is 0. The summed E-state index contributed by atoms with van der Waals surface area (Å²) in [6, 6.07) is 3.67. The molecule has 3 heterocycles. The fourth-order valence-corrected chi connectivity index (χ4v) is 3.96. The Morgan fingerprint density at radius 2 is 2.09 bits per heavy atom. The van der Waals surface area contributed by atoms with E-state index in [0.717, 1.165) is 18.2 Å². The summed E-state index contributed by atoms with van der Waals surface area (Å²) in [6.07, 6.45) is 2.81. The van der Waals surface area contributed by atoms with E-state index in [2.05, 4.69) is 24.0 Å². The Balaban J connectivity index is 1.61. The minimum Gasteiger partial charge on any atom is -0.461 e. The van der Waals surface area contributed by atoms with Gasteiger partial charge in [-0.2, -0.15) is 0 Å². The first kappa shape index (κ1) is 16.1. The van der Waals surface area contributed by atoms with Crippen molar-refractivity contribution < 1.29 is 9.21 Å². The third kappa shape index (κ3) is 3.60. The van der Waals surface area contributed by atoms with Crippen molar-refractivity contribution in [3.63, 3.8) is 0 Å². The lowest BCUT2D eigenvalue weighted by atomic mass is 9.92. The Labute approximate surface area is 140 Å². The van der Waals surface area contributed by atoms with Gasteiger partial charge in [0.25, 0.3) is 0 Å². The van der Waals surface area contributed by atoms with Gasteiger partial charge in [-0.15, -0.1) is 10.2 Å². The number of rotatable bonds is 4. The van der Waals surface area contributed by atoms with Crippen LogP contribution in [0.25, 0.3) is 11.6 Å². The summed E-state index contributed by atoms with van der Waals surface area (Å²) < 4.78 is 7.21. The average Bonchev–Trinajstić information content (AvgIpc) is 3.13. The van der Waals surface area contributed by atoms with Crippen LogP contribution in [-0.2, 0) is 11.8 Å². The molecule has 0 aromatic carbocycles. The summed E-state index contributed by atoms with van der Waals surface area (Å²) in [6.45, 7) is 6.14. The van der Waals surface area contributed by atoms with Crippen molar-refractivity contribution in [2.24, 2.45) is 18.9 Å². The smallest absolute Gasteiger partial charge is 0.233 e. The number of nitrogens with zero attached hydrogens (tertiary/aromatic N) is 4. The highest BCUT2D eigenvalue weighted by molar-refractivity contribution is 7.99. The second-order valence-corrected chi connectivity index (χ2v) is 7.32. The first-order chi connectivity index (χ1) is 11.0. The molecule has 1 amide bonds. The van der Waals surface area contributed by atoms with Crippen molar-refractivity contribution in [3.05, 3.63) is 18.4 Å². The third-order valence-electron chi connectivity index (χ3n) is 4.12. The van der Waals surface area contributed by atoms with Crippen LogP contribution >= 0.6 is 11.8 Å². The molecule has 7 heteroatoms. The molecule has 1 aliphatic rings. The van der Waals surface area contributed by atoms with Crippen LogP contribution in [0.2, 0.25) is 0 Å². The van der Waals surface area contributed by atoms with Gasteiger partial charge in [-0.1, -0.05) is 25.6 Å². The lowest BCUT2D eigenvalue weighted by Crippen LogP contribution is -2.43. The topological polar surface area (TPSA) is 64.2 Å². The van der Waals surface area contributed by atoms with Gasteiger partial charge in [0, 0.05) is 20.1 Å². The van der Waals surface area contributed by atoms with Gasteiger partial charge >= 0.3 is 0 Å². The van der Waals surface area contributed by atoms with E-state index in [9.17, 15) is 4.79 Å². The molecule has 6 nitrogen and oxygen atoms in total. The molecule has 1 fully saturated rings. The van der Waals surface area contributed by atoms with Gasteiger partial charge in [0.05, 0.1) is 12.0 Å². The largest absolute Gasteiger partial charge is 0.461 e. The Bertz CT molecular complexity index is 658. The van der Waals surface area contributed by atoms with Gasteiger partial charge in [0.2, 0.25) is 5.91 Å². The SMILES string of the molecule is C[C@@H]1C[C@H](C)CN(C(=O)CSc2nnc(-c3ccco3)n2C)C1. The zero-order valence-electron chi connectivity index (χ0n) is 13.7. The van der Waals surface area contributed by atoms with Gasteiger partial charge in [-0.25, -0.2) is 0 Å². The van der Waals surface area contributed by atoms with E-state index in [1.165, 1.54) is 18.2 Å². The molecule has 0 N–H and O–H groups in total. The van der Waals surface area contributed by atoms with Crippen molar-refractivity contribution >= 4 is 17.7 Å². The summed E-state index contributed by atoms with van der Waals surface area (Å²) in [5.74, 6) is 3.07. The molecule has 2 aromatic rings. The molecule has 1 saturated heterocycles. The zero-order chi connectivity index (χ0) is 16.4. The second-order valence-electron chi connectivity index (χ2n) is 6.38. The van der Waals surface area contributed by atoms with Crippen LogP contribution < -0.4 is 0 Å². The molecule has 0 aliphatic carbocycles. The second kappa shape index (κ2) is 6.78. The number of likely N-dealkylation sites (tertiary alicyclic amines) is 1. The van der Waals surface area contributed by atoms with E-state index in [0.29, 0.717) is 29.2 Å².